The summed E-state index contributed by atoms with van der Waals surface area (Å²) in [5.41, 5.74) is 1.77. The molecule has 39 heavy (non-hydrogen) atoms. The van der Waals surface area contributed by atoms with Crippen LogP contribution in [0.1, 0.15) is 34.9 Å². The fourth-order valence-corrected chi connectivity index (χ4v) is 5.39. The first-order valence-electron chi connectivity index (χ1n) is 12.3. The van der Waals surface area contributed by atoms with Crippen LogP contribution < -0.4 is 5.32 Å². The third-order valence-electron chi connectivity index (χ3n) is 6.89. The average Bonchev–Trinajstić information content (AvgIpc) is 3.34. The molecule has 1 amide bonds. The zero-order valence-electron chi connectivity index (χ0n) is 20.8. The summed E-state index contributed by atoms with van der Waals surface area (Å²) in [5.74, 6) is 0.0948. The maximum Gasteiger partial charge on any atom is 0.253 e. The van der Waals surface area contributed by atoms with Crippen molar-refractivity contribution in [3.05, 3.63) is 96.3 Å². The van der Waals surface area contributed by atoms with Crippen LogP contribution in [-0.2, 0) is 9.84 Å². The van der Waals surface area contributed by atoms with Crippen LogP contribution in [0.2, 0.25) is 0 Å². The third-order valence-corrected chi connectivity index (χ3v) is 7.99. The lowest BCUT2D eigenvalue weighted by Crippen LogP contribution is -2.44. The number of sulfone groups is 1. The number of aromatic nitrogens is 5. The van der Waals surface area contributed by atoms with Gasteiger partial charge in [0.05, 0.1) is 21.7 Å². The molecule has 1 aliphatic carbocycles. The Morgan fingerprint density at radius 1 is 0.974 bits per heavy atom. The van der Waals surface area contributed by atoms with Crippen molar-refractivity contribution in [2.24, 2.45) is 0 Å². The van der Waals surface area contributed by atoms with Crippen molar-refractivity contribution in [2.45, 2.75) is 29.7 Å². The number of hydrogen-bond donors (Lipinski definition) is 1. The Balaban J connectivity index is 1.27. The van der Waals surface area contributed by atoms with E-state index in [4.69, 9.17) is 0 Å². The normalized spacial score (nSPS) is 17.1. The van der Waals surface area contributed by atoms with Crippen molar-refractivity contribution >= 4 is 26.6 Å². The highest BCUT2D eigenvalue weighted by Crippen LogP contribution is 2.39. The number of para-hydroxylation sites is 2. The molecule has 1 fully saturated rings. The number of carbonyl (C=O) groups excluding carboxylic acids is 1. The Morgan fingerprint density at radius 2 is 1.77 bits per heavy atom. The predicted octanol–water partition coefficient (Wildman–Crippen LogP) is 4.10. The summed E-state index contributed by atoms with van der Waals surface area (Å²) in [4.78, 5) is 21.7. The van der Waals surface area contributed by atoms with Crippen molar-refractivity contribution < 1.29 is 17.6 Å². The van der Waals surface area contributed by atoms with Crippen molar-refractivity contribution in [1.82, 2.24) is 30.0 Å². The second-order valence-electron chi connectivity index (χ2n) is 9.54. The molecule has 2 aromatic carbocycles. The number of halogens is 1. The van der Waals surface area contributed by atoms with Gasteiger partial charge in [0.15, 0.2) is 15.7 Å². The minimum absolute atomic E-state index is 0.0717. The Morgan fingerprint density at radius 3 is 2.51 bits per heavy atom. The molecule has 0 bridgehead atoms. The predicted molar refractivity (Wildman–Crippen MR) is 143 cm³/mol. The molecule has 3 aromatic heterocycles. The molecule has 1 saturated carbocycles. The van der Waals surface area contributed by atoms with Crippen molar-refractivity contribution in [2.75, 3.05) is 6.26 Å². The molecule has 0 aliphatic heterocycles. The Labute approximate surface area is 223 Å². The molecule has 5 aromatic rings. The summed E-state index contributed by atoms with van der Waals surface area (Å²) in [5, 5.41) is 12.6. The van der Waals surface area contributed by atoms with Gasteiger partial charge in [-0.2, -0.15) is 0 Å². The molecule has 196 valence electrons. The van der Waals surface area contributed by atoms with Gasteiger partial charge >= 0.3 is 0 Å². The largest absolute Gasteiger partial charge is 0.349 e. The van der Waals surface area contributed by atoms with E-state index in [1.54, 1.807) is 35.0 Å². The lowest BCUT2D eigenvalue weighted by Gasteiger charge is -2.35. The summed E-state index contributed by atoms with van der Waals surface area (Å²) >= 11 is 0. The molecular weight excluding hydrogens is 519 g/mol. The summed E-state index contributed by atoms with van der Waals surface area (Å²) in [6, 6.07) is 18.4. The van der Waals surface area contributed by atoms with Crippen molar-refractivity contribution in [3.63, 3.8) is 0 Å². The molecule has 1 N–H and O–H groups in total. The van der Waals surface area contributed by atoms with Gasteiger partial charge in [-0.1, -0.05) is 30.3 Å². The topological polar surface area (TPSA) is 120 Å². The van der Waals surface area contributed by atoms with Crippen LogP contribution in [0.15, 0.2) is 84.0 Å². The van der Waals surface area contributed by atoms with E-state index in [1.165, 1.54) is 24.4 Å². The van der Waals surface area contributed by atoms with Gasteiger partial charge in [0.2, 0.25) is 0 Å². The van der Waals surface area contributed by atoms with Gasteiger partial charge in [-0.25, -0.2) is 12.8 Å². The van der Waals surface area contributed by atoms with Gasteiger partial charge in [0, 0.05) is 36.0 Å². The summed E-state index contributed by atoms with van der Waals surface area (Å²) in [6.07, 6.45) is 5.21. The highest BCUT2D eigenvalue weighted by Gasteiger charge is 2.37. The highest BCUT2D eigenvalue weighted by atomic mass is 32.2. The minimum atomic E-state index is -3.43. The zero-order chi connectivity index (χ0) is 27.1. The van der Waals surface area contributed by atoms with Crippen LogP contribution in [-0.4, -0.2) is 51.4 Å². The number of nitrogens with one attached hydrogen (secondary N) is 1. The summed E-state index contributed by atoms with van der Waals surface area (Å²) in [7, 11) is -3.43. The van der Waals surface area contributed by atoms with E-state index in [2.05, 4.69) is 25.5 Å². The first-order valence-corrected chi connectivity index (χ1v) is 14.2. The molecule has 3 heterocycles. The fourth-order valence-electron chi connectivity index (χ4n) is 4.83. The van der Waals surface area contributed by atoms with Crippen molar-refractivity contribution in [3.8, 4) is 17.2 Å². The number of amides is 1. The van der Waals surface area contributed by atoms with Crippen LogP contribution in [0.4, 0.5) is 4.39 Å². The molecule has 11 heteroatoms. The summed E-state index contributed by atoms with van der Waals surface area (Å²) < 4.78 is 40.3. The van der Waals surface area contributed by atoms with E-state index in [0.29, 0.717) is 41.3 Å². The van der Waals surface area contributed by atoms with Gasteiger partial charge < -0.3 is 5.32 Å². The van der Waals surface area contributed by atoms with Gasteiger partial charge in [0.25, 0.3) is 5.91 Å². The first-order chi connectivity index (χ1) is 18.8. The number of rotatable bonds is 6. The fraction of sp³-hybridized carbons (Fsp3) is 0.179. The molecule has 0 radical (unpaired) electrons. The molecule has 9 nitrogen and oxygen atoms in total. The Bertz CT molecular complexity index is 1810. The number of benzene rings is 2. The molecule has 0 saturated heterocycles. The number of carbonyl (C=O) groups is 1. The number of fused-ring (bicyclic) bond motifs is 1. The van der Waals surface area contributed by atoms with Crippen LogP contribution in [0, 0.1) is 5.82 Å². The lowest BCUT2D eigenvalue weighted by molar-refractivity contribution is 0.0908. The molecule has 1 aliphatic rings. The van der Waals surface area contributed by atoms with Gasteiger partial charge in [0.1, 0.15) is 17.3 Å². The van der Waals surface area contributed by atoms with E-state index in [0.717, 1.165) is 11.6 Å². The van der Waals surface area contributed by atoms with Crippen molar-refractivity contribution in [1.29, 1.82) is 0 Å². The van der Waals surface area contributed by atoms with E-state index in [1.807, 2.05) is 24.3 Å². The van der Waals surface area contributed by atoms with Crippen LogP contribution in [0.3, 0.4) is 0 Å². The van der Waals surface area contributed by atoms with E-state index >= 15 is 0 Å². The Hall–Kier alpha value is -4.51. The minimum Gasteiger partial charge on any atom is -0.349 e. The van der Waals surface area contributed by atoms with Gasteiger partial charge in [-0.15, -0.1) is 10.2 Å². The molecule has 0 atom stereocenters. The molecule has 0 spiro atoms. The van der Waals surface area contributed by atoms with E-state index in [-0.39, 0.29) is 28.4 Å². The van der Waals surface area contributed by atoms with Gasteiger partial charge in [-0.3, -0.25) is 19.3 Å². The van der Waals surface area contributed by atoms with E-state index in [9.17, 15) is 17.6 Å². The SMILES string of the molecule is CS(=O)(=O)c1ccc(-c2nnc(C3CC(NC(=O)c4cccc5cccnc45)C3)n2-c2ccccc2F)nc1. The van der Waals surface area contributed by atoms with Crippen LogP contribution in [0.25, 0.3) is 28.1 Å². The molecule has 0 unspecified atom stereocenters. The number of nitrogens with zero attached hydrogens (tertiary/aromatic N) is 5. The number of hydrogen-bond acceptors (Lipinski definition) is 7. The molecule has 6 rings (SSSR count). The molecular formula is C28H23FN6O3S. The standard InChI is InChI=1S/C28H23FN6O3S/c1-39(37,38)20-11-12-23(31-16-20)27-34-33-26(35(27)24-10-3-2-9-22(24)29)18-14-19(15-18)32-28(36)21-8-4-6-17-7-5-13-30-25(17)21/h2-13,16,18-19H,14-15H2,1H3,(H,32,36). The quantitative estimate of drug-likeness (QED) is 0.343. The average molecular weight is 543 g/mol. The zero-order valence-corrected chi connectivity index (χ0v) is 21.6. The Kier molecular flexibility index (Phi) is 6.15. The summed E-state index contributed by atoms with van der Waals surface area (Å²) in [6.45, 7) is 0. The van der Waals surface area contributed by atoms with Crippen LogP contribution in [0.5, 0.6) is 0 Å². The smallest absolute Gasteiger partial charge is 0.253 e. The second-order valence-corrected chi connectivity index (χ2v) is 11.6. The van der Waals surface area contributed by atoms with E-state index < -0.39 is 15.7 Å². The number of pyridine rings is 2. The van der Waals surface area contributed by atoms with Crippen LogP contribution >= 0.6 is 0 Å². The third kappa shape index (κ3) is 4.65. The van der Waals surface area contributed by atoms with Gasteiger partial charge in [-0.05, 0) is 49.2 Å². The lowest BCUT2D eigenvalue weighted by atomic mass is 9.79. The second kappa shape index (κ2) is 9.66. The maximum atomic E-state index is 15.0. The maximum absolute atomic E-state index is 15.0. The monoisotopic (exact) mass is 542 g/mol. The first kappa shape index (κ1) is 24.8. The highest BCUT2D eigenvalue weighted by molar-refractivity contribution is 7.90.